The molecule has 0 fully saturated rings. The summed E-state index contributed by atoms with van der Waals surface area (Å²) in [4.78, 5) is 18.0. The Morgan fingerprint density at radius 2 is 1.60 bits per heavy atom. The molecule has 1 aromatic carbocycles. The van der Waals surface area contributed by atoms with Crippen LogP contribution in [-0.4, -0.2) is 68.9 Å². The first-order chi connectivity index (χ1) is 21.0. The Morgan fingerprint density at radius 3 is 2.23 bits per heavy atom. The van der Waals surface area contributed by atoms with E-state index in [4.69, 9.17) is 18.9 Å². The normalized spacial score (nSPS) is 17.0. The average molecular weight is 603 g/mol. The molecule has 0 aromatic heterocycles. The van der Waals surface area contributed by atoms with E-state index in [9.17, 15) is 4.79 Å². The Morgan fingerprint density at radius 1 is 0.930 bits per heavy atom. The number of likely N-dealkylation sites (N-methyl/N-ethyl adjacent to an activating group) is 1. The highest BCUT2D eigenvalue weighted by atomic mass is 16.7. The monoisotopic (exact) mass is 602 g/mol. The molecule has 43 heavy (non-hydrogen) atoms. The van der Waals surface area contributed by atoms with E-state index in [0.717, 1.165) is 87.2 Å². The number of hydrogen-bond donors (Lipinski definition) is 0. The zero-order valence-corrected chi connectivity index (χ0v) is 29.0. The van der Waals surface area contributed by atoms with Crippen LogP contribution in [0.5, 0.6) is 5.75 Å². The second-order valence-corrected chi connectivity index (χ2v) is 9.92. The molecule has 1 aliphatic heterocycles. The predicted molar refractivity (Wildman–Crippen MR) is 180 cm³/mol. The molecule has 0 N–H and O–H groups in total. The van der Waals surface area contributed by atoms with Crippen molar-refractivity contribution in [3.8, 4) is 5.75 Å². The summed E-state index contributed by atoms with van der Waals surface area (Å²) in [5, 5.41) is 0. The van der Waals surface area contributed by atoms with Crippen molar-refractivity contribution in [1.29, 1.82) is 0 Å². The van der Waals surface area contributed by atoms with Crippen LogP contribution in [-0.2, 0) is 25.4 Å². The maximum absolute atomic E-state index is 13.7. The van der Waals surface area contributed by atoms with Crippen LogP contribution in [0.3, 0.4) is 0 Å². The van der Waals surface area contributed by atoms with Crippen LogP contribution in [0.4, 0.5) is 0 Å². The number of para-hydroxylation sites is 1. The summed E-state index contributed by atoms with van der Waals surface area (Å²) in [5.74, 6) is 2.42. The largest absolute Gasteiger partial charge is 0.496 e. The summed E-state index contributed by atoms with van der Waals surface area (Å²) in [6.07, 6.45) is 12.6. The van der Waals surface area contributed by atoms with Gasteiger partial charge in [0.15, 0.2) is 5.76 Å². The Bertz CT molecular complexity index is 957. The number of amides is 1. The number of aryl methyl sites for hydroxylation is 1. The number of hydrogen-bond acceptors (Lipinski definition) is 6. The SMILES string of the molecule is CC.CC.CCCCCN(CCCC)C(=O)CN(CC)[C@@H](CCc1ccccc1OC)C1=C/C(OC)=C/OCO\C(C)=C\1. The van der Waals surface area contributed by atoms with Gasteiger partial charge in [0.2, 0.25) is 12.7 Å². The fourth-order valence-electron chi connectivity index (χ4n) is 4.80. The van der Waals surface area contributed by atoms with Gasteiger partial charge >= 0.3 is 0 Å². The summed E-state index contributed by atoms with van der Waals surface area (Å²) in [7, 11) is 3.34. The van der Waals surface area contributed by atoms with E-state index in [1.807, 2.05) is 65.0 Å². The van der Waals surface area contributed by atoms with Crippen molar-refractivity contribution in [3.63, 3.8) is 0 Å². The van der Waals surface area contributed by atoms with E-state index < -0.39 is 0 Å². The number of allylic oxidation sites excluding steroid dienone is 2. The molecular formula is C36H62N2O5. The van der Waals surface area contributed by atoms with Gasteiger partial charge in [-0.05, 0) is 68.5 Å². The lowest BCUT2D eigenvalue weighted by Gasteiger charge is -2.34. The molecule has 0 spiro atoms. The molecule has 1 aromatic rings. The number of rotatable bonds is 17. The van der Waals surface area contributed by atoms with Gasteiger partial charge in [-0.2, -0.15) is 0 Å². The van der Waals surface area contributed by atoms with Crippen LogP contribution in [0, 0.1) is 0 Å². The number of carbonyl (C=O) groups is 1. The lowest BCUT2D eigenvalue weighted by atomic mass is 9.95. The van der Waals surface area contributed by atoms with Gasteiger partial charge in [0, 0.05) is 19.1 Å². The average Bonchev–Trinajstić information content (AvgIpc) is 3.14. The first-order valence-electron chi connectivity index (χ1n) is 16.5. The number of methoxy groups -OCH3 is 2. The van der Waals surface area contributed by atoms with Gasteiger partial charge in [-0.25, -0.2) is 0 Å². The second kappa shape index (κ2) is 25.6. The summed E-state index contributed by atoms with van der Waals surface area (Å²) < 4.78 is 22.5. The van der Waals surface area contributed by atoms with Gasteiger partial charge in [0.25, 0.3) is 0 Å². The van der Waals surface area contributed by atoms with Crippen LogP contribution < -0.4 is 4.74 Å². The molecule has 7 heteroatoms. The molecule has 1 aliphatic rings. The van der Waals surface area contributed by atoms with Crippen LogP contribution in [0.1, 0.15) is 99.5 Å². The fraction of sp³-hybridized carbons (Fsp3) is 0.639. The van der Waals surface area contributed by atoms with Crippen molar-refractivity contribution in [2.45, 2.75) is 106 Å². The minimum Gasteiger partial charge on any atom is -0.496 e. The highest BCUT2D eigenvalue weighted by Crippen LogP contribution is 2.26. The predicted octanol–water partition coefficient (Wildman–Crippen LogP) is 8.51. The third-order valence-corrected chi connectivity index (χ3v) is 7.08. The van der Waals surface area contributed by atoms with Crippen molar-refractivity contribution in [2.75, 3.05) is 47.2 Å². The van der Waals surface area contributed by atoms with Gasteiger partial charge in [-0.3, -0.25) is 9.69 Å². The fourth-order valence-corrected chi connectivity index (χ4v) is 4.80. The second-order valence-electron chi connectivity index (χ2n) is 9.92. The van der Waals surface area contributed by atoms with Crippen molar-refractivity contribution in [3.05, 3.63) is 65.3 Å². The maximum atomic E-state index is 13.7. The minimum absolute atomic E-state index is 0.0530. The zero-order valence-electron chi connectivity index (χ0n) is 29.0. The van der Waals surface area contributed by atoms with Crippen LogP contribution >= 0.6 is 0 Å². The van der Waals surface area contributed by atoms with Crippen molar-refractivity contribution >= 4 is 5.91 Å². The van der Waals surface area contributed by atoms with E-state index in [0.29, 0.717) is 12.3 Å². The topological polar surface area (TPSA) is 60.5 Å². The van der Waals surface area contributed by atoms with Gasteiger partial charge in [-0.15, -0.1) is 0 Å². The third-order valence-electron chi connectivity index (χ3n) is 7.08. The summed E-state index contributed by atoms with van der Waals surface area (Å²) in [5.41, 5.74) is 2.16. The molecule has 0 aliphatic carbocycles. The summed E-state index contributed by atoms with van der Waals surface area (Å²) >= 11 is 0. The molecule has 0 bridgehead atoms. The molecule has 246 valence electrons. The molecule has 1 amide bonds. The number of nitrogens with zero attached hydrogens (tertiary/aromatic N) is 2. The van der Waals surface area contributed by atoms with E-state index in [1.165, 1.54) is 0 Å². The maximum Gasteiger partial charge on any atom is 0.236 e. The molecule has 0 saturated heterocycles. The zero-order chi connectivity index (χ0) is 32.5. The molecule has 7 nitrogen and oxygen atoms in total. The standard InChI is InChI=1S/C32H50N2O5.2C2H6/c1-7-10-14-20-34(19-11-8-2)32(35)23-33(9-3)30(18-17-27-15-12-13-16-31(27)37-6)28-21-26(4)39-25-38-24-29(22-28)36-5;2*1-2/h12-13,15-16,21-22,24,30H,7-11,14,17-20,23,25H2,1-6H3;2*1-2H3/b26-21+,28-22+,29-24-;;/t30-;;/m0../s1. The number of carbonyl (C=O) groups excluding carboxylic acids is 1. The van der Waals surface area contributed by atoms with E-state index in [2.05, 4.69) is 36.6 Å². The quantitative estimate of drug-likeness (QED) is 0.167. The van der Waals surface area contributed by atoms with Gasteiger partial charge in [0.1, 0.15) is 12.0 Å². The first kappa shape index (κ1) is 40.1. The Hall–Kier alpha value is -2.93. The van der Waals surface area contributed by atoms with Gasteiger partial charge in [-0.1, -0.05) is 85.9 Å². The molecule has 1 heterocycles. The van der Waals surface area contributed by atoms with Crippen LogP contribution in [0.15, 0.2) is 59.8 Å². The Kier molecular flexibility index (Phi) is 23.8. The van der Waals surface area contributed by atoms with E-state index in [1.54, 1.807) is 20.5 Å². The minimum atomic E-state index is -0.0530. The first-order valence-corrected chi connectivity index (χ1v) is 16.5. The van der Waals surface area contributed by atoms with E-state index in [-0.39, 0.29) is 18.7 Å². The van der Waals surface area contributed by atoms with Gasteiger partial charge < -0.3 is 23.8 Å². The summed E-state index contributed by atoms with van der Waals surface area (Å²) in [6.45, 7) is 19.2. The molecule has 0 radical (unpaired) electrons. The molecule has 0 unspecified atom stereocenters. The molecule has 0 saturated carbocycles. The number of ether oxygens (including phenoxy) is 4. The van der Waals surface area contributed by atoms with Crippen LogP contribution in [0.2, 0.25) is 0 Å². The molecule has 1 atom stereocenters. The van der Waals surface area contributed by atoms with Gasteiger partial charge in [0.05, 0.1) is 26.5 Å². The lowest BCUT2D eigenvalue weighted by molar-refractivity contribution is -0.133. The Labute approximate surface area is 263 Å². The molecular weight excluding hydrogens is 540 g/mol. The number of benzene rings is 1. The highest BCUT2D eigenvalue weighted by Gasteiger charge is 2.26. The van der Waals surface area contributed by atoms with Crippen molar-refractivity contribution in [2.24, 2.45) is 0 Å². The Balaban J connectivity index is 0.00000422. The van der Waals surface area contributed by atoms with Crippen molar-refractivity contribution in [1.82, 2.24) is 9.80 Å². The molecule has 2 rings (SSSR count). The van der Waals surface area contributed by atoms with E-state index >= 15 is 0 Å². The third kappa shape index (κ3) is 15.4. The summed E-state index contributed by atoms with van der Waals surface area (Å²) in [6, 6.07) is 8.07. The van der Waals surface area contributed by atoms with Crippen molar-refractivity contribution < 1.29 is 23.7 Å². The highest BCUT2D eigenvalue weighted by molar-refractivity contribution is 5.78. The number of unbranched alkanes of at least 4 members (excludes halogenated alkanes) is 3. The smallest absolute Gasteiger partial charge is 0.236 e. The van der Waals surface area contributed by atoms with Crippen LogP contribution in [0.25, 0.3) is 0 Å². The lowest BCUT2D eigenvalue weighted by Crippen LogP contribution is -2.46.